The molecule has 3 heterocycles. The molecule has 0 bridgehead atoms. The van der Waals surface area contributed by atoms with E-state index in [1.54, 1.807) is 13.8 Å². The molecule has 8 atom stereocenters. The summed E-state index contributed by atoms with van der Waals surface area (Å²) in [5.41, 5.74) is -0.360. The zero-order valence-corrected chi connectivity index (χ0v) is 18.5. The Balaban J connectivity index is 1.41. The van der Waals surface area contributed by atoms with Crippen molar-refractivity contribution < 1.29 is 34.0 Å². The fourth-order valence-electron chi connectivity index (χ4n) is 4.24. The van der Waals surface area contributed by atoms with Crippen molar-refractivity contribution in [2.75, 3.05) is 13.2 Å². The summed E-state index contributed by atoms with van der Waals surface area (Å²) in [7, 11) is 0. The average molecular weight is 425 g/mol. The Hall–Kier alpha value is -1.25. The molecule has 0 amide bonds. The molecule has 7 nitrogen and oxygen atoms in total. The van der Waals surface area contributed by atoms with Gasteiger partial charge in [-0.05, 0) is 27.2 Å². The fraction of sp³-hybridized carbons (Fsp3) is 0.783. The van der Waals surface area contributed by atoms with Gasteiger partial charge in [-0.15, -0.1) is 0 Å². The number of allylic oxidation sites excluding steroid dienone is 2. The highest BCUT2D eigenvalue weighted by molar-refractivity contribution is 5.72. The Morgan fingerprint density at radius 1 is 1.27 bits per heavy atom. The first kappa shape index (κ1) is 23.4. The molecule has 0 aromatic carbocycles. The largest absolute Gasteiger partial charge is 0.462 e. The van der Waals surface area contributed by atoms with Gasteiger partial charge in [0.25, 0.3) is 0 Å². The molecule has 3 aliphatic rings. The van der Waals surface area contributed by atoms with Crippen molar-refractivity contribution in [1.29, 1.82) is 0 Å². The molecule has 2 N–H and O–H groups in total. The van der Waals surface area contributed by atoms with Crippen molar-refractivity contribution in [2.45, 2.75) is 89.7 Å². The van der Waals surface area contributed by atoms with Gasteiger partial charge in [0.15, 0.2) is 5.79 Å². The van der Waals surface area contributed by atoms with Crippen molar-refractivity contribution in [3.05, 3.63) is 24.3 Å². The van der Waals surface area contributed by atoms with Crippen LogP contribution in [-0.2, 0) is 23.7 Å². The standard InChI is InChI=1S/C23H36O7/c1-15(28-21(26)16(2)17(3)25)8-6-5-7-9-18-10-11-23(29-18)12-19-20(30-23)22(4,13-24)14-27-19/h5-7,9,15-20,24-25H,8,10-14H2,1-4H3/b6-5-,9-7+/t15?,16?,17?,18-,19-,20+,22+,23-/m0/s1. The first-order valence-electron chi connectivity index (χ1n) is 11.0. The number of carbonyl (C=O) groups excluding carboxylic acids is 1. The molecule has 3 fully saturated rings. The molecule has 0 aromatic rings. The van der Waals surface area contributed by atoms with Crippen LogP contribution in [0.5, 0.6) is 0 Å². The minimum absolute atomic E-state index is 0.00878. The van der Waals surface area contributed by atoms with Crippen LogP contribution in [0.2, 0.25) is 0 Å². The van der Waals surface area contributed by atoms with E-state index in [4.69, 9.17) is 18.9 Å². The summed E-state index contributed by atoms with van der Waals surface area (Å²) < 4.78 is 23.7. The van der Waals surface area contributed by atoms with Crippen LogP contribution >= 0.6 is 0 Å². The molecule has 3 rings (SSSR count). The second-order valence-electron chi connectivity index (χ2n) is 9.34. The zero-order chi connectivity index (χ0) is 21.9. The lowest BCUT2D eigenvalue weighted by Crippen LogP contribution is -2.39. The Labute approximate surface area is 179 Å². The van der Waals surface area contributed by atoms with Crippen LogP contribution in [0.15, 0.2) is 24.3 Å². The summed E-state index contributed by atoms with van der Waals surface area (Å²) in [6.45, 7) is 7.64. The molecule has 0 aromatic heterocycles. The van der Waals surface area contributed by atoms with Crippen molar-refractivity contribution in [1.82, 2.24) is 0 Å². The van der Waals surface area contributed by atoms with E-state index >= 15 is 0 Å². The Bertz CT molecular complexity index is 660. The number of aliphatic hydroxyl groups excluding tert-OH is 2. The van der Waals surface area contributed by atoms with Crippen LogP contribution in [0.1, 0.15) is 53.4 Å². The second-order valence-corrected chi connectivity index (χ2v) is 9.34. The number of aliphatic hydroxyl groups is 2. The van der Waals surface area contributed by atoms with E-state index in [1.807, 2.05) is 38.2 Å². The molecule has 3 saturated heterocycles. The normalized spacial score (nSPS) is 39.1. The van der Waals surface area contributed by atoms with Gasteiger partial charge in [0.05, 0.1) is 43.5 Å². The average Bonchev–Trinajstić information content (AvgIpc) is 3.36. The predicted octanol–water partition coefficient (Wildman–Crippen LogP) is 2.50. The molecule has 3 unspecified atom stereocenters. The molecule has 1 spiro atoms. The van der Waals surface area contributed by atoms with Crippen LogP contribution in [-0.4, -0.2) is 65.7 Å². The molecular weight excluding hydrogens is 388 g/mol. The molecule has 30 heavy (non-hydrogen) atoms. The van der Waals surface area contributed by atoms with Crippen LogP contribution in [0.25, 0.3) is 0 Å². The minimum Gasteiger partial charge on any atom is -0.462 e. The fourth-order valence-corrected chi connectivity index (χ4v) is 4.24. The van der Waals surface area contributed by atoms with Crippen molar-refractivity contribution >= 4 is 5.97 Å². The highest BCUT2D eigenvalue weighted by Crippen LogP contribution is 2.50. The van der Waals surface area contributed by atoms with Gasteiger partial charge in [0.2, 0.25) is 0 Å². The monoisotopic (exact) mass is 424 g/mol. The Morgan fingerprint density at radius 2 is 2.03 bits per heavy atom. The third kappa shape index (κ3) is 5.14. The number of ether oxygens (including phenoxy) is 4. The smallest absolute Gasteiger partial charge is 0.311 e. The van der Waals surface area contributed by atoms with E-state index < -0.39 is 17.8 Å². The lowest BCUT2D eigenvalue weighted by molar-refractivity contribution is -0.226. The van der Waals surface area contributed by atoms with Crippen LogP contribution in [0.4, 0.5) is 0 Å². The molecule has 3 aliphatic heterocycles. The number of rotatable bonds is 8. The maximum absolute atomic E-state index is 11.8. The Kier molecular flexibility index (Phi) is 7.40. The highest BCUT2D eigenvalue weighted by Gasteiger charge is 2.60. The van der Waals surface area contributed by atoms with Crippen LogP contribution < -0.4 is 0 Å². The maximum atomic E-state index is 11.8. The van der Waals surface area contributed by atoms with Crippen molar-refractivity contribution in [3.63, 3.8) is 0 Å². The number of hydrogen-bond donors (Lipinski definition) is 2. The van der Waals surface area contributed by atoms with Gasteiger partial charge in [0, 0.05) is 24.7 Å². The lowest BCUT2D eigenvalue weighted by Gasteiger charge is -2.30. The number of esters is 1. The third-order valence-electron chi connectivity index (χ3n) is 6.50. The van der Waals surface area contributed by atoms with Gasteiger partial charge in [-0.3, -0.25) is 4.79 Å². The summed E-state index contributed by atoms with van der Waals surface area (Å²) in [5.74, 6) is -1.51. The predicted molar refractivity (Wildman–Crippen MR) is 111 cm³/mol. The topological polar surface area (TPSA) is 94.5 Å². The van der Waals surface area contributed by atoms with Gasteiger partial charge < -0.3 is 29.2 Å². The van der Waals surface area contributed by atoms with E-state index in [2.05, 4.69) is 0 Å². The third-order valence-corrected chi connectivity index (χ3v) is 6.50. The molecular formula is C23H36O7. The zero-order valence-electron chi connectivity index (χ0n) is 18.5. The molecule has 0 radical (unpaired) electrons. The maximum Gasteiger partial charge on any atom is 0.311 e. The lowest BCUT2D eigenvalue weighted by atomic mass is 9.86. The van der Waals surface area contributed by atoms with Gasteiger partial charge in [-0.1, -0.05) is 31.2 Å². The second kappa shape index (κ2) is 9.49. The molecule has 0 saturated carbocycles. The first-order valence-corrected chi connectivity index (χ1v) is 11.0. The number of carbonyl (C=O) groups is 1. The summed E-state index contributed by atoms with van der Waals surface area (Å²) in [4.78, 5) is 11.8. The van der Waals surface area contributed by atoms with E-state index in [1.165, 1.54) is 0 Å². The van der Waals surface area contributed by atoms with Crippen LogP contribution in [0, 0.1) is 11.3 Å². The van der Waals surface area contributed by atoms with Gasteiger partial charge in [-0.25, -0.2) is 0 Å². The molecule has 7 heteroatoms. The highest BCUT2D eigenvalue weighted by atomic mass is 16.7. The number of fused-ring (bicyclic) bond motifs is 1. The van der Waals surface area contributed by atoms with E-state index in [-0.39, 0.29) is 42.4 Å². The first-order chi connectivity index (χ1) is 14.2. The van der Waals surface area contributed by atoms with Crippen LogP contribution in [0.3, 0.4) is 0 Å². The summed E-state index contributed by atoms with van der Waals surface area (Å²) in [6, 6.07) is 0. The number of hydrogen-bond acceptors (Lipinski definition) is 7. The van der Waals surface area contributed by atoms with Crippen molar-refractivity contribution in [2.24, 2.45) is 11.3 Å². The van der Waals surface area contributed by atoms with Gasteiger partial charge in [-0.2, -0.15) is 0 Å². The van der Waals surface area contributed by atoms with E-state index in [9.17, 15) is 15.0 Å². The summed E-state index contributed by atoms with van der Waals surface area (Å²) >= 11 is 0. The van der Waals surface area contributed by atoms with E-state index in [0.29, 0.717) is 19.4 Å². The summed E-state index contributed by atoms with van der Waals surface area (Å²) in [5, 5.41) is 19.2. The van der Waals surface area contributed by atoms with E-state index in [0.717, 1.165) is 12.8 Å². The minimum atomic E-state index is -0.717. The molecule has 0 aliphatic carbocycles. The van der Waals surface area contributed by atoms with Crippen molar-refractivity contribution in [3.8, 4) is 0 Å². The SMILES string of the molecule is CC(C/C=C\C=C\[C@H]1CC[C@]2(C[C@@H]3OC[C@@](C)(CO)[C@@H]3O2)O1)OC(=O)C(C)C(C)O. The quantitative estimate of drug-likeness (QED) is 0.457. The molecule has 170 valence electrons. The Morgan fingerprint density at radius 3 is 2.73 bits per heavy atom. The van der Waals surface area contributed by atoms with Gasteiger partial charge in [0.1, 0.15) is 6.10 Å². The summed E-state index contributed by atoms with van der Waals surface area (Å²) in [6.07, 6.45) is 9.73. The van der Waals surface area contributed by atoms with Gasteiger partial charge >= 0.3 is 5.97 Å².